The molecule has 0 N–H and O–H groups in total. The molecule has 2 aromatic rings. The van der Waals surface area contributed by atoms with Crippen LogP contribution >= 0.6 is 0 Å². The standard InChI is InChI=1S/C15H18N2O2/c1-10-14(11(2)17(3)16-10)9-15(18)12-5-7-13(19-4)8-6-12/h5-8H,9H2,1-4H3. The molecule has 0 atom stereocenters. The Labute approximate surface area is 113 Å². The molecule has 0 saturated carbocycles. The number of hydrogen-bond donors (Lipinski definition) is 0. The number of Topliss-reactive ketones (excluding diaryl/α,β-unsaturated/α-hetero) is 1. The summed E-state index contributed by atoms with van der Waals surface area (Å²) in [6.45, 7) is 3.92. The third-order valence-electron chi connectivity index (χ3n) is 3.41. The van der Waals surface area contributed by atoms with Gasteiger partial charge in [-0.05, 0) is 38.1 Å². The number of ketones is 1. The minimum absolute atomic E-state index is 0.0989. The van der Waals surface area contributed by atoms with E-state index in [1.807, 2.05) is 25.6 Å². The van der Waals surface area contributed by atoms with Gasteiger partial charge in [-0.25, -0.2) is 0 Å². The van der Waals surface area contributed by atoms with Gasteiger partial charge in [-0.15, -0.1) is 0 Å². The number of carbonyl (C=O) groups excluding carboxylic acids is 1. The summed E-state index contributed by atoms with van der Waals surface area (Å²) in [6.07, 6.45) is 0.387. The topological polar surface area (TPSA) is 44.1 Å². The molecular weight excluding hydrogens is 240 g/mol. The van der Waals surface area contributed by atoms with Crippen LogP contribution in [0.4, 0.5) is 0 Å². The lowest BCUT2D eigenvalue weighted by atomic mass is 10.0. The van der Waals surface area contributed by atoms with E-state index in [2.05, 4.69) is 5.10 Å². The number of aromatic nitrogens is 2. The summed E-state index contributed by atoms with van der Waals surface area (Å²) in [7, 11) is 3.50. The Morgan fingerprint density at radius 2 is 1.89 bits per heavy atom. The fraction of sp³-hybridized carbons (Fsp3) is 0.333. The highest BCUT2D eigenvalue weighted by atomic mass is 16.5. The minimum atomic E-state index is 0.0989. The van der Waals surface area contributed by atoms with Crippen LogP contribution in [-0.2, 0) is 13.5 Å². The number of benzene rings is 1. The van der Waals surface area contributed by atoms with Crippen molar-refractivity contribution in [1.82, 2.24) is 9.78 Å². The number of rotatable bonds is 4. The molecule has 0 aliphatic heterocycles. The van der Waals surface area contributed by atoms with Crippen LogP contribution in [0.5, 0.6) is 5.75 Å². The Kier molecular flexibility index (Phi) is 3.69. The maximum Gasteiger partial charge on any atom is 0.167 e. The van der Waals surface area contributed by atoms with Crippen molar-refractivity contribution >= 4 is 5.78 Å². The second kappa shape index (κ2) is 5.26. The van der Waals surface area contributed by atoms with E-state index < -0.39 is 0 Å². The molecular formula is C15H18N2O2. The zero-order valence-electron chi connectivity index (χ0n) is 11.7. The molecule has 0 saturated heterocycles. The van der Waals surface area contributed by atoms with Crippen LogP contribution < -0.4 is 4.74 Å². The first-order valence-electron chi connectivity index (χ1n) is 6.19. The van der Waals surface area contributed by atoms with Gasteiger partial charge < -0.3 is 4.74 Å². The first-order valence-corrected chi connectivity index (χ1v) is 6.19. The number of nitrogens with zero attached hydrogens (tertiary/aromatic N) is 2. The lowest BCUT2D eigenvalue weighted by Crippen LogP contribution is -2.05. The van der Waals surface area contributed by atoms with Gasteiger partial charge in [0, 0.05) is 30.3 Å². The number of aryl methyl sites for hydroxylation is 2. The predicted octanol–water partition coefficient (Wildman–Crippen LogP) is 2.47. The van der Waals surface area contributed by atoms with Gasteiger partial charge in [0.1, 0.15) is 5.75 Å². The number of carbonyl (C=O) groups is 1. The van der Waals surface area contributed by atoms with Crippen molar-refractivity contribution in [2.24, 2.45) is 7.05 Å². The third kappa shape index (κ3) is 2.67. The highest BCUT2D eigenvalue weighted by Crippen LogP contribution is 2.17. The fourth-order valence-electron chi connectivity index (χ4n) is 2.11. The van der Waals surface area contributed by atoms with Gasteiger partial charge in [-0.2, -0.15) is 5.10 Å². The van der Waals surface area contributed by atoms with Gasteiger partial charge >= 0.3 is 0 Å². The summed E-state index contributed by atoms with van der Waals surface area (Å²) in [5.41, 5.74) is 3.67. The lowest BCUT2D eigenvalue weighted by molar-refractivity contribution is 0.0992. The van der Waals surface area contributed by atoms with Crippen LogP contribution in [0, 0.1) is 13.8 Å². The molecule has 1 aromatic heterocycles. The first-order chi connectivity index (χ1) is 9.02. The van der Waals surface area contributed by atoms with Crippen LogP contribution in [-0.4, -0.2) is 22.7 Å². The molecule has 1 aromatic carbocycles. The second-order valence-corrected chi connectivity index (χ2v) is 4.60. The van der Waals surface area contributed by atoms with Crippen molar-refractivity contribution in [2.45, 2.75) is 20.3 Å². The summed E-state index contributed by atoms with van der Waals surface area (Å²) >= 11 is 0. The Balaban J connectivity index is 2.20. The zero-order chi connectivity index (χ0) is 14.0. The molecule has 100 valence electrons. The molecule has 0 aliphatic carbocycles. The Bertz CT molecular complexity index is 597. The van der Waals surface area contributed by atoms with E-state index in [0.717, 1.165) is 22.7 Å². The van der Waals surface area contributed by atoms with E-state index in [1.54, 1.807) is 31.4 Å². The van der Waals surface area contributed by atoms with E-state index in [1.165, 1.54) is 0 Å². The summed E-state index contributed by atoms with van der Waals surface area (Å²) < 4.78 is 6.90. The van der Waals surface area contributed by atoms with Crippen LogP contribution in [0.25, 0.3) is 0 Å². The summed E-state index contributed by atoms with van der Waals surface area (Å²) in [5.74, 6) is 0.854. The van der Waals surface area contributed by atoms with Gasteiger partial charge in [0.15, 0.2) is 5.78 Å². The maximum absolute atomic E-state index is 12.2. The Morgan fingerprint density at radius 3 is 2.37 bits per heavy atom. The van der Waals surface area contributed by atoms with Crippen molar-refractivity contribution in [3.05, 3.63) is 46.8 Å². The molecule has 4 nitrogen and oxygen atoms in total. The molecule has 0 amide bonds. The SMILES string of the molecule is COc1ccc(C(=O)Cc2c(C)nn(C)c2C)cc1. The second-order valence-electron chi connectivity index (χ2n) is 4.60. The van der Waals surface area contributed by atoms with Crippen molar-refractivity contribution in [1.29, 1.82) is 0 Å². The fourth-order valence-corrected chi connectivity index (χ4v) is 2.11. The zero-order valence-corrected chi connectivity index (χ0v) is 11.7. The first kappa shape index (κ1) is 13.3. The lowest BCUT2D eigenvalue weighted by Gasteiger charge is -2.04. The van der Waals surface area contributed by atoms with Crippen LogP contribution in [0.3, 0.4) is 0 Å². The molecule has 0 aliphatic rings. The molecule has 4 heteroatoms. The molecule has 0 spiro atoms. The highest BCUT2D eigenvalue weighted by molar-refractivity contribution is 5.97. The van der Waals surface area contributed by atoms with Crippen LogP contribution in [0.15, 0.2) is 24.3 Å². The molecule has 0 fully saturated rings. The number of ether oxygens (including phenoxy) is 1. The normalized spacial score (nSPS) is 10.5. The van der Waals surface area contributed by atoms with Crippen LogP contribution in [0.2, 0.25) is 0 Å². The molecule has 1 heterocycles. The van der Waals surface area contributed by atoms with Crippen molar-refractivity contribution < 1.29 is 9.53 Å². The quantitative estimate of drug-likeness (QED) is 0.791. The maximum atomic E-state index is 12.2. The average molecular weight is 258 g/mol. The van der Waals surface area contributed by atoms with Crippen molar-refractivity contribution in [2.75, 3.05) is 7.11 Å². The van der Waals surface area contributed by atoms with E-state index in [0.29, 0.717) is 12.0 Å². The summed E-state index contributed by atoms with van der Waals surface area (Å²) in [6, 6.07) is 7.19. The summed E-state index contributed by atoms with van der Waals surface area (Å²) in [5, 5.41) is 4.33. The highest BCUT2D eigenvalue weighted by Gasteiger charge is 2.14. The molecule has 0 unspecified atom stereocenters. The Hall–Kier alpha value is -2.10. The van der Waals surface area contributed by atoms with Crippen molar-refractivity contribution in [3.8, 4) is 5.75 Å². The van der Waals surface area contributed by atoms with Gasteiger partial charge in [-0.3, -0.25) is 9.48 Å². The largest absolute Gasteiger partial charge is 0.497 e. The number of hydrogen-bond acceptors (Lipinski definition) is 3. The Morgan fingerprint density at radius 1 is 1.26 bits per heavy atom. The molecule has 2 rings (SSSR count). The minimum Gasteiger partial charge on any atom is -0.497 e. The van der Waals surface area contributed by atoms with E-state index in [9.17, 15) is 4.79 Å². The third-order valence-corrected chi connectivity index (χ3v) is 3.41. The molecule has 0 radical (unpaired) electrons. The van der Waals surface area contributed by atoms with Crippen molar-refractivity contribution in [3.63, 3.8) is 0 Å². The smallest absolute Gasteiger partial charge is 0.167 e. The molecule has 19 heavy (non-hydrogen) atoms. The average Bonchev–Trinajstić information content (AvgIpc) is 2.65. The predicted molar refractivity (Wildman–Crippen MR) is 73.7 cm³/mol. The van der Waals surface area contributed by atoms with E-state index in [4.69, 9.17) is 4.74 Å². The monoisotopic (exact) mass is 258 g/mol. The van der Waals surface area contributed by atoms with E-state index in [-0.39, 0.29) is 5.78 Å². The number of methoxy groups -OCH3 is 1. The van der Waals surface area contributed by atoms with Gasteiger partial charge in [-0.1, -0.05) is 0 Å². The molecule has 0 bridgehead atoms. The van der Waals surface area contributed by atoms with Gasteiger partial charge in [0.05, 0.1) is 12.8 Å². The van der Waals surface area contributed by atoms with Crippen LogP contribution in [0.1, 0.15) is 27.3 Å². The summed E-state index contributed by atoms with van der Waals surface area (Å²) in [4.78, 5) is 12.2. The van der Waals surface area contributed by atoms with Gasteiger partial charge in [0.2, 0.25) is 0 Å². The van der Waals surface area contributed by atoms with Gasteiger partial charge in [0.25, 0.3) is 0 Å². The van der Waals surface area contributed by atoms with E-state index >= 15 is 0 Å².